The first-order valence-corrected chi connectivity index (χ1v) is 6.31. The van der Waals surface area contributed by atoms with E-state index in [4.69, 9.17) is 10.8 Å². The highest BCUT2D eigenvalue weighted by Gasteiger charge is 2.01. The van der Waals surface area contributed by atoms with Crippen molar-refractivity contribution in [2.45, 2.75) is 31.0 Å². The third-order valence-corrected chi connectivity index (χ3v) is 3.62. The number of hydrogen-bond acceptors (Lipinski definition) is 3. The summed E-state index contributed by atoms with van der Waals surface area (Å²) in [4.78, 5) is 0. The summed E-state index contributed by atoms with van der Waals surface area (Å²) in [6, 6.07) is 8.11. The van der Waals surface area contributed by atoms with Crippen LogP contribution in [0.2, 0.25) is 0 Å². The average Bonchev–Trinajstić information content (AvgIpc) is 2.27. The minimum absolute atomic E-state index is 0.122. The predicted octanol–water partition coefficient (Wildman–Crippen LogP) is 2.15. The van der Waals surface area contributed by atoms with Gasteiger partial charge in [-0.25, -0.2) is 0 Å². The predicted molar refractivity (Wildman–Crippen MR) is 66.8 cm³/mol. The Hall–Kier alpha value is -0.510. The monoisotopic (exact) mass is 225 g/mol. The average molecular weight is 225 g/mol. The molecular weight excluding hydrogens is 206 g/mol. The highest BCUT2D eigenvalue weighted by atomic mass is 32.2. The maximum absolute atomic E-state index is 8.90. The van der Waals surface area contributed by atoms with Gasteiger partial charge in [-0.05, 0) is 24.1 Å². The quantitative estimate of drug-likeness (QED) is 0.780. The summed E-state index contributed by atoms with van der Waals surface area (Å²) in [5.41, 5.74) is 7.77. The van der Waals surface area contributed by atoms with Gasteiger partial charge in [0.2, 0.25) is 0 Å². The molecule has 0 aliphatic heterocycles. The second-order valence-corrected chi connectivity index (χ2v) is 5.10. The van der Waals surface area contributed by atoms with E-state index >= 15 is 0 Å². The van der Waals surface area contributed by atoms with Gasteiger partial charge in [0.15, 0.2) is 0 Å². The van der Waals surface area contributed by atoms with Gasteiger partial charge in [0.25, 0.3) is 0 Å². The molecule has 0 aliphatic rings. The van der Waals surface area contributed by atoms with E-state index in [0.717, 1.165) is 24.3 Å². The molecule has 3 heteroatoms. The normalized spacial score (nSPS) is 12.7. The molecule has 1 aromatic carbocycles. The van der Waals surface area contributed by atoms with Crippen LogP contribution in [0.5, 0.6) is 0 Å². The number of thioether (sulfide) groups is 1. The van der Waals surface area contributed by atoms with E-state index in [1.807, 2.05) is 23.9 Å². The summed E-state index contributed by atoms with van der Waals surface area (Å²) in [7, 11) is 0. The molecule has 3 N–H and O–H groups in total. The van der Waals surface area contributed by atoms with Crippen LogP contribution in [-0.2, 0) is 12.4 Å². The maximum atomic E-state index is 8.90. The smallest absolute Gasteiger partial charge is 0.0681 e. The molecule has 0 aliphatic carbocycles. The van der Waals surface area contributed by atoms with Gasteiger partial charge < -0.3 is 10.8 Å². The fourth-order valence-electron chi connectivity index (χ4n) is 1.30. The first-order chi connectivity index (χ1) is 7.26. The van der Waals surface area contributed by atoms with E-state index < -0.39 is 0 Å². The van der Waals surface area contributed by atoms with Crippen LogP contribution < -0.4 is 5.73 Å². The summed E-state index contributed by atoms with van der Waals surface area (Å²) in [5, 5.41) is 9.52. The SMILES string of the molecule is CC(CCN)SCc1ccc(CO)cc1. The van der Waals surface area contributed by atoms with Crippen molar-refractivity contribution in [3.8, 4) is 0 Å². The highest BCUT2D eigenvalue weighted by Crippen LogP contribution is 2.19. The summed E-state index contributed by atoms with van der Waals surface area (Å²) in [5.74, 6) is 1.02. The Bertz CT molecular complexity index is 273. The molecule has 15 heavy (non-hydrogen) atoms. The Morgan fingerprint density at radius 2 is 1.87 bits per heavy atom. The minimum Gasteiger partial charge on any atom is -0.392 e. The van der Waals surface area contributed by atoms with Crippen molar-refractivity contribution in [3.63, 3.8) is 0 Å². The first-order valence-electron chi connectivity index (χ1n) is 5.26. The molecule has 0 bridgehead atoms. The van der Waals surface area contributed by atoms with Gasteiger partial charge in [-0.1, -0.05) is 31.2 Å². The van der Waals surface area contributed by atoms with Crippen LogP contribution in [0.3, 0.4) is 0 Å². The Morgan fingerprint density at radius 1 is 1.27 bits per heavy atom. The number of aliphatic hydroxyl groups is 1. The number of nitrogens with two attached hydrogens (primary N) is 1. The molecule has 0 spiro atoms. The summed E-state index contributed by atoms with van der Waals surface area (Å²) >= 11 is 1.93. The molecular formula is C12H19NOS. The van der Waals surface area contributed by atoms with E-state index in [-0.39, 0.29) is 6.61 Å². The minimum atomic E-state index is 0.122. The number of benzene rings is 1. The van der Waals surface area contributed by atoms with Crippen molar-refractivity contribution in [1.82, 2.24) is 0 Å². The van der Waals surface area contributed by atoms with Gasteiger partial charge >= 0.3 is 0 Å². The van der Waals surface area contributed by atoms with Crippen molar-refractivity contribution >= 4 is 11.8 Å². The lowest BCUT2D eigenvalue weighted by Gasteiger charge is -2.09. The molecule has 1 unspecified atom stereocenters. The Morgan fingerprint density at radius 3 is 2.40 bits per heavy atom. The molecule has 0 heterocycles. The standard InChI is InChI=1S/C12H19NOS/c1-10(6-7-13)15-9-12-4-2-11(8-14)3-5-12/h2-5,10,14H,6-9,13H2,1H3. The van der Waals surface area contributed by atoms with Crippen LogP contribution in [0.1, 0.15) is 24.5 Å². The molecule has 0 saturated carbocycles. The van der Waals surface area contributed by atoms with Gasteiger partial charge in [-0.2, -0.15) is 11.8 Å². The molecule has 0 aromatic heterocycles. The number of rotatable bonds is 6. The number of hydrogen-bond donors (Lipinski definition) is 2. The van der Waals surface area contributed by atoms with Gasteiger partial charge in [-0.3, -0.25) is 0 Å². The van der Waals surface area contributed by atoms with Crippen LogP contribution in [-0.4, -0.2) is 16.9 Å². The first kappa shape index (κ1) is 12.6. The highest BCUT2D eigenvalue weighted by molar-refractivity contribution is 7.99. The maximum Gasteiger partial charge on any atom is 0.0681 e. The van der Waals surface area contributed by atoms with Crippen molar-refractivity contribution in [2.75, 3.05) is 6.54 Å². The third kappa shape index (κ3) is 4.69. The fourth-order valence-corrected chi connectivity index (χ4v) is 2.27. The second kappa shape index (κ2) is 6.88. The molecule has 0 amide bonds. The zero-order valence-corrected chi connectivity index (χ0v) is 9.96. The Kier molecular flexibility index (Phi) is 5.76. The molecule has 0 fully saturated rings. The lowest BCUT2D eigenvalue weighted by molar-refractivity contribution is 0.282. The zero-order valence-electron chi connectivity index (χ0n) is 9.15. The van der Waals surface area contributed by atoms with E-state index in [0.29, 0.717) is 5.25 Å². The van der Waals surface area contributed by atoms with Crippen molar-refractivity contribution in [2.24, 2.45) is 5.73 Å². The molecule has 1 rings (SSSR count). The van der Waals surface area contributed by atoms with Gasteiger partial charge in [-0.15, -0.1) is 0 Å². The Labute approximate surface area is 95.9 Å². The molecule has 2 nitrogen and oxygen atoms in total. The Balaban J connectivity index is 2.37. The molecule has 1 aromatic rings. The van der Waals surface area contributed by atoms with Gasteiger partial charge in [0, 0.05) is 11.0 Å². The van der Waals surface area contributed by atoms with Crippen LogP contribution in [0, 0.1) is 0 Å². The number of aliphatic hydroxyl groups excluding tert-OH is 1. The fraction of sp³-hybridized carbons (Fsp3) is 0.500. The van der Waals surface area contributed by atoms with Gasteiger partial charge in [0.1, 0.15) is 0 Å². The lowest BCUT2D eigenvalue weighted by atomic mass is 10.2. The molecule has 84 valence electrons. The molecule has 0 radical (unpaired) electrons. The molecule has 0 saturated heterocycles. The summed E-state index contributed by atoms with van der Waals surface area (Å²) < 4.78 is 0. The van der Waals surface area contributed by atoms with Crippen molar-refractivity contribution in [3.05, 3.63) is 35.4 Å². The van der Waals surface area contributed by atoms with Crippen LogP contribution >= 0.6 is 11.8 Å². The van der Waals surface area contributed by atoms with E-state index in [1.54, 1.807) is 0 Å². The van der Waals surface area contributed by atoms with Crippen LogP contribution in [0.15, 0.2) is 24.3 Å². The van der Waals surface area contributed by atoms with E-state index in [2.05, 4.69) is 19.1 Å². The van der Waals surface area contributed by atoms with Crippen LogP contribution in [0.4, 0.5) is 0 Å². The summed E-state index contributed by atoms with van der Waals surface area (Å²) in [6.45, 7) is 3.09. The second-order valence-electron chi connectivity index (χ2n) is 3.67. The largest absolute Gasteiger partial charge is 0.392 e. The van der Waals surface area contributed by atoms with Crippen molar-refractivity contribution in [1.29, 1.82) is 0 Å². The van der Waals surface area contributed by atoms with Gasteiger partial charge in [0.05, 0.1) is 6.61 Å². The summed E-state index contributed by atoms with van der Waals surface area (Å²) in [6.07, 6.45) is 1.07. The van der Waals surface area contributed by atoms with Crippen LogP contribution in [0.25, 0.3) is 0 Å². The third-order valence-electron chi connectivity index (χ3n) is 2.31. The topological polar surface area (TPSA) is 46.2 Å². The lowest BCUT2D eigenvalue weighted by Crippen LogP contribution is -2.07. The molecule has 1 atom stereocenters. The zero-order chi connectivity index (χ0) is 11.1. The van der Waals surface area contributed by atoms with Crippen molar-refractivity contribution < 1.29 is 5.11 Å². The van der Waals surface area contributed by atoms with E-state index in [9.17, 15) is 0 Å². The van der Waals surface area contributed by atoms with E-state index in [1.165, 1.54) is 5.56 Å².